The standard InChI is InChI=1S/C13H13F3N2O4/c14-13(15,16)10-5-7(1-2-17-10)3-8-4-9(11(19)20)18(6-8)12(21)22/h1-2,5,8-9H,3-4,6H2,(H,19,20)(H,21,22)/t8?,9-/m0/s1. The molecule has 0 spiro atoms. The Labute approximate surface area is 123 Å². The number of aliphatic carboxylic acids is 1. The van der Waals surface area contributed by atoms with Crippen LogP contribution in [0.3, 0.4) is 0 Å². The quantitative estimate of drug-likeness (QED) is 0.890. The molecule has 0 aliphatic carbocycles. The van der Waals surface area contributed by atoms with Gasteiger partial charge in [0.05, 0.1) is 0 Å². The van der Waals surface area contributed by atoms with Crippen molar-refractivity contribution in [2.45, 2.75) is 25.1 Å². The van der Waals surface area contributed by atoms with E-state index in [1.807, 2.05) is 0 Å². The Morgan fingerprint density at radius 3 is 2.55 bits per heavy atom. The number of halogens is 3. The number of rotatable bonds is 3. The molecule has 9 heteroatoms. The Kier molecular flexibility index (Phi) is 4.25. The first kappa shape index (κ1) is 16.1. The first-order valence-electron chi connectivity index (χ1n) is 6.43. The molecule has 1 saturated heterocycles. The lowest BCUT2D eigenvalue weighted by atomic mass is 9.97. The second-order valence-corrected chi connectivity index (χ2v) is 5.14. The van der Waals surface area contributed by atoms with Gasteiger partial charge in [-0.25, -0.2) is 9.59 Å². The zero-order chi connectivity index (χ0) is 16.5. The van der Waals surface area contributed by atoms with E-state index in [1.54, 1.807) is 0 Å². The number of carboxylic acids is 1. The van der Waals surface area contributed by atoms with Crippen LogP contribution in [0.15, 0.2) is 18.3 Å². The van der Waals surface area contributed by atoms with E-state index in [2.05, 4.69) is 4.98 Å². The Morgan fingerprint density at radius 1 is 1.36 bits per heavy atom. The zero-order valence-electron chi connectivity index (χ0n) is 11.2. The number of alkyl halides is 3. The van der Waals surface area contributed by atoms with Crippen molar-refractivity contribution in [3.63, 3.8) is 0 Å². The van der Waals surface area contributed by atoms with Crippen LogP contribution in [0.2, 0.25) is 0 Å². The summed E-state index contributed by atoms with van der Waals surface area (Å²) in [6.45, 7) is -0.0179. The molecule has 2 heterocycles. The van der Waals surface area contributed by atoms with Crippen LogP contribution in [0, 0.1) is 5.92 Å². The molecule has 2 N–H and O–H groups in total. The molecule has 0 saturated carbocycles. The van der Waals surface area contributed by atoms with Gasteiger partial charge < -0.3 is 10.2 Å². The molecule has 2 rings (SSSR count). The second kappa shape index (κ2) is 5.82. The van der Waals surface area contributed by atoms with Crippen molar-refractivity contribution >= 4 is 12.1 Å². The molecule has 2 atom stereocenters. The van der Waals surface area contributed by atoms with Gasteiger partial charge in [0.1, 0.15) is 11.7 Å². The molecule has 1 aromatic rings. The van der Waals surface area contributed by atoms with E-state index >= 15 is 0 Å². The number of aromatic nitrogens is 1. The number of likely N-dealkylation sites (tertiary alicyclic amines) is 1. The smallest absolute Gasteiger partial charge is 0.433 e. The lowest BCUT2D eigenvalue weighted by Crippen LogP contribution is -2.39. The molecule has 1 amide bonds. The van der Waals surface area contributed by atoms with Gasteiger partial charge in [0.2, 0.25) is 0 Å². The third kappa shape index (κ3) is 3.46. The third-order valence-corrected chi connectivity index (χ3v) is 3.56. The molecule has 0 bridgehead atoms. The SMILES string of the molecule is O=C(O)[C@@H]1CC(Cc2ccnc(C(F)(F)F)c2)CN1C(=O)O. The van der Waals surface area contributed by atoms with Crippen LogP contribution in [0.25, 0.3) is 0 Å². The summed E-state index contributed by atoms with van der Waals surface area (Å²) in [4.78, 5) is 26.1. The highest BCUT2D eigenvalue weighted by molar-refractivity contribution is 5.80. The van der Waals surface area contributed by atoms with Crippen LogP contribution in [-0.2, 0) is 17.4 Å². The second-order valence-electron chi connectivity index (χ2n) is 5.14. The average molecular weight is 318 g/mol. The first-order valence-corrected chi connectivity index (χ1v) is 6.43. The normalized spacial score (nSPS) is 21.9. The predicted molar refractivity (Wildman–Crippen MR) is 67.2 cm³/mol. The van der Waals surface area contributed by atoms with Crippen molar-refractivity contribution in [2.24, 2.45) is 5.92 Å². The van der Waals surface area contributed by atoms with Crippen molar-refractivity contribution in [3.05, 3.63) is 29.6 Å². The van der Waals surface area contributed by atoms with E-state index in [0.717, 1.165) is 17.2 Å². The lowest BCUT2D eigenvalue weighted by Gasteiger charge is -2.16. The maximum absolute atomic E-state index is 12.6. The fraction of sp³-hybridized carbons (Fsp3) is 0.462. The van der Waals surface area contributed by atoms with E-state index < -0.39 is 30.0 Å². The molecular formula is C13H13F3N2O4. The van der Waals surface area contributed by atoms with Gasteiger partial charge in [0.25, 0.3) is 0 Å². The van der Waals surface area contributed by atoms with Crippen LogP contribution in [0.4, 0.5) is 18.0 Å². The van der Waals surface area contributed by atoms with E-state index in [-0.39, 0.29) is 25.3 Å². The van der Waals surface area contributed by atoms with Crippen molar-refractivity contribution in [2.75, 3.05) is 6.54 Å². The Balaban J connectivity index is 2.12. The monoisotopic (exact) mass is 318 g/mol. The fourth-order valence-corrected chi connectivity index (χ4v) is 2.61. The number of carbonyl (C=O) groups is 2. The number of hydrogen-bond acceptors (Lipinski definition) is 3. The number of pyridine rings is 1. The summed E-state index contributed by atoms with van der Waals surface area (Å²) in [5, 5.41) is 18.0. The van der Waals surface area contributed by atoms with Gasteiger partial charge >= 0.3 is 18.2 Å². The molecule has 1 aliphatic heterocycles. The van der Waals surface area contributed by atoms with Gasteiger partial charge in [0, 0.05) is 12.7 Å². The van der Waals surface area contributed by atoms with E-state index in [9.17, 15) is 22.8 Å². The fourth-order valence-electron chi connectivity index (χ4n) is 2.61. The minimum atomic E-state index is -4.55. The van der Waals surface area contributed by atoms with Gasteiger partial charge in [-0.3, -0.25) is 9.88 Å². The number of hydrogen-bond donors (Lipinski definition) is 2. The number of amides is 1. The summed E-state index contributed by atoms with van der Waals surface area (Å²) in [5.41, 5.74) is -0.670. The van der Waals surface area contributed by atoms with E-state index in [1.165, 1.54) is 6.07 Å². The summed E-state index contributed by atoms with van der Waals surface area (Å²) < 4.78 is 37.8. The molecule has 22 heavy (non-hydrogen) atoms. The average Bonchev–Trinajstić information content (AvgIpc) is 2.82. The largest absolute Gasteiger partial charge is 0.480 e. The van der Waals surface area contributed by atoms with Crippen LogP contribution in [0.5, 0.6) is 0 Å². The molecule has 6 nitrogen and oxygen atoms in total. The van der Waals surface area contributed by atoms with Gasteiger partial charge in [0.15, 0.2) is 0 Å². The van der Waals surface area contributed by atoms with Gasteiger partial charge in [-0.1, -0.05) is 0 Å². The van der Waals surface area contributed by atoms with Crippen molar-refractivity contribution in [1.82, 2.24) is 9.88 Å². The van der Waals surface area contributed by atoms with Crippen molar-refractivity contribution in [1.29, 1.82) is 0 Å². The minimum absolute atomic E-state index is 0.0179. The first-order chi connectivity index (χ1) is 10.2. The highest BCUT2D eigenvalue weighted by Crippen LogP contribution is 2.30. The van der Waals surface area contributed by atoms with Crippen molar-refractivity contribution in [3.8, 4) is 0 Å². The van der Waals surface area contributed by atoms with Crippen LogP contribution in [-0.4, -0.2) is 44.7 Å². The molecule has 1 aromatic heterocycles. The Morgan fingerprint density at radius 2 is 2.05 bits per heavy atom. The third-order valence-electron chi connectivity index (χ3n) is 3.56. The lowest BCUT2D eigenvalue weighted by molar-refractivity contribution is -0.142. The summed E-state index contributed by atoms with van der Waals surface area (Å²) in [6.07, 6.45) is -4.62. The molecule has 120 valence electrons. The summed E-state index contributed by atoms with van der Waals surface area (Å²) in [5.74, 6) is -1.60. The molecule has 0 radical (unpaired) electrons. The van der Waals surface area contributed by atoms with Crippen LogP contribution < -0.4 is 0 Å². The molecular weight excluding hydrogens is 305 g/mol. The minimum Gasteiger partial charge on any atom is -0.480 e. The molecule has 0 aromatic carbocycles. The predicted octanol–water partition coefficient (Wildman–Crippen LogP) is 2.10. The molecule has 1 aliphatic rings. The Bertz CT molecular complexity index is 569. The van der Waals surface area contributed by atoms with E-state index in [0.29, 0.717) is 5.56 Å². The number of carboxylic acid groups (broad SMARTS) is 2. The zero-order valence-corrected chi connectivity index (χ0v) is 11.2. The summed E-state index contributed by atoms with van der Waals surface area (Å²) >= 11 is 0. The summed E-state index contributed by atoms with van der Waals surface area (Å²) in [7, 11) is 0. The highest BCUT2D eigenvalue weighted by Gasteiger charge is 2.40. The Hall–Kier alpha value is -2.32. The van der Waals surface area contributed by atoms with Crippen molar-refractivity contribution < 1.29 is 33.0 Å². The van der Waals surface area contributed by atoms with Gasteiger partial charge in [-0.05, 0) is 36.5 Å². The van der Waals surface area contributed by atoms with Crippen LogP contribution >= 0.6 is 0 Å². The molecule has 1 unspecified atom stereocenters. The summed E-state index contributed by atoms with van der Waals surface area (Å²) in [6, 6.07) is 1.15. The highest BCUT2D eigenvalue weighted by atomic mass is 19.4. The maximum atomic E-state index is 12.6. The molecule has 1 fully saturated rings. The number of nitrogens with zero attached hydrogens (tertiary/aromatic N) is 2. The maximum Gasteiger partial charge on any atom is 0.433 e. The topological polar surface area (TPSA) is 90.7 Å². The van der Waals surface area contributed by atoms with Crippen LogP contribution in [0.1, 0.15) is 17.7 Å². The van der Waals surface area contributed by atoms with Gasteiger partial charge in [-0.2, -0.15) is 13.2 Å². The van der Waals surface area contributed by atoms with Gasteiger partial charge in [-0.15, -0.1) is 0 Å². The van der Waals surface area contributed by atoms with E-state index in [4.69, 9.17) is 10.2 Å².